The lowest BCUT2D eigenvalue weighted by Gasteiger charge is -2.17. The number of aromatic hydroxyl groups is 1. The Morgan fingerprint density at radius 3 is 2.53 bits per heavy atom. The molecule has 3 aromatic carbocycles. The number of aromatic nitrogens is 1. The fourth-order valence-corrected chi connectivity index (χ4v) is 3.70. The molecule has 1 unspecified atom stereocenters. The summed E-state index contributed by atoms with van der Waals surface area (Å²) in [6, 6.07) is 19.0. The molecule has 0 saturated carbocycles. The van der Waals surface area contributed by atoms with Gasteiger partial charge >= 0.3 is 0 Å². The fraction of sp³-hybridized carbons (Fsp3) is 0.160. The van der Waals surface area contributed by atoms with E-state index >= 15 is 0 Å². The van der Waals surface area contributed by atoms with Crippen LogP contribution in [0.1, 0.15) is 11.7 Å². The van der Waals surface area contributed by atoms with Crippen LogP contribution in [0.4, 0.5) is 15.8 Å². The molecule has 0 aliphatic carbocycles. The first-order chi connectivity index (χ1) is 15.3. The van der Waals surface area contributed by atoms with E-state index in [-0.39, 0.29) is 5.02 Å². The predicted molar refractivity (Wildman–Crippen MR) is 126 cm³/mol. The SMILES string of the molecule is CN(C)CC(O)c1ccc(Nc2[c]cnc3ccc(-c4cc(F)c(O)c(Cl)c4)cc23)cc1. The Bertz CT molecular complexity index is 1240. The van der Waals surface area contributed by atoms with E-state index in [2.05, 4.69) is 16.4 Å². The number of nitrogens with zero attached hydrogens (tertiary/aromatic N) is 2. The van der Waals surface area contributed by atoms with Crippen molar-refractivity contribution in [2.24, 2.45) is 0 Å². The van der Waals surface area contributed by atoms with Gasteiger partial charge in [-0.25, -0.2) is 4.39 Å². The lowest BCUT2D eigenvalue weighted by molar-refractivity contribution is 0.138. The van der Waals surface area contributed by atoms with Gasteiger partial charge in [-0.3, -0.25) is 4.98 Å². The van der Waals surface area contributed by atoms with E-state index < -0.39 is 17.7 Å². The van der Waals surface area contributed by atoms with Crippen molar-refractivity contribution < 1.29 is 14.6 Å². The Morgan fingerprint density at radius 2 is 1.84 bits per heavy atom. The van der Waals surface area contributed by atoms with Gasteiger partial charge in [0.05, 0.1) is 22.3 Å². The Hall–Kier alpha value is -3.19. The second-order valence-corrected chi connectivity index (χ2v) is 8.23. The highest BCUT2D eigenvalue weighted by Crippen LogP contribution is 2.35. The number of anilines is 2. The molecule has 0 fully saturated rings. The molecule has 4 rings (SSSR count). The molecule has 0 saturated heterocycles. The van der Waals surface area contributed by atoms with Crippen molar-refractivity contribution in [2.45, 2.75) is 6.10 Å². The summed E-state index contributed by atoms with van der Waals surface area (Å²) >= 11 is 5.95. The number of aliphatic hydroxyl groups is 1. The predicted octanol–water partition coefficient (Wildman–Crippen LogP) is 5.54. The lowest BCUT2D eigenvalue weighted by Crippen LogP contribution is -2.19. The van der Waals surface area contributed by atoms with Crippen LogP contribution in [0.25, 0.3) is 22.0 Å². The van der Waals surface area contributed by atoms with Gasteiger partial charge in [0.2, 0.25) is 0 Å². The number of rotatable bonds is 6. The minimum atomic E-state index is -0.778. The van der Waals surface area contributed by atoms with Gasteiger partial charge in [0.1, 0.15) is 0 Å². The minimum absolute atomic E-state index is 0.0484. The number of phenols is 1. The Balaban J connectivity index is 1.66. The van der Waals surface area contributed by atoms with E-state index in [9.17, 15) is 14.6 Å². The average Bonchev–Trinajstić information content (AvgIpc) is 2.77. The Kier molecular flexibility index (Phi) is 6.28. The van der Waals surface area contributed by atoms with Crippen molar-refractivity contribution in [1.29, 1.82) is 0 Å². The van der Waals surface area contributed by atoms with Gasteiger partial charge in [-0.2, -0.15) is 0 Å². The van der Waals surface area contributed by atoms with Crippen molar-refractivity contribution in [3.63, 3.8) is 0 Å². The number of aliphatic hydroxyl groups excluding tert-OH is 1. The van der Waals surface area contributed by atoms with Crippen LogP contribution in [0, 0.1) is 11.9 Å². The molecule has 0 spiro atoms. The minimum Gasteiger partial charge on any atom is -0.504 e. The highest BCUT2D eigenvalue weighted by atomic mass is 35.5. The molecule has 1 atom stereocenters. The van der Waals surface area contributed by atoms with Crippen LogP contribution in [-0.4, -0.2) is 40.7 Å². The monoisotopic (exact) mass is 450 g/mol. The first-order valence-corrected chi connectivity index (χ1v) is 10.4. The molecule has 0 aliphatic rings. The van der Waals surface area contributed by atoms with E-state index in [0.29, 0.717) is 17.8 Å². The van der Waals surface area contributed by atoms with Gasteiger partial charge in [-0.05, 0) is 67.2 Å². The third kappa shape index (κ3) is 4.67. The quantitative estimate of drug-likeness (QED) is 0.360. The van der Waals surface area contributed by atoms with Crippen LogP contribution in [0.5, 0.6) is 5.75 Å². The number of nitrogens with one attached hydrogen (secondary N) is 1. The van der Waals surface area contributed by atoms with Gasteiger partial charge in [0, 0.05) is 29.9 Å². The van der Waals surface area contributed by atoms with Gasteiger partial charge in [0.25, 0.3) is 0 Å². The fourth-order valence-electron chi connectivity index (χ4n) is 3.49. The molecule has 5 nitrogen and oxygen atoms in total. The summed E-state index contributed by atoms with van der Waals surface area (Å²) < 4.78 is 14.0. The van der Waals surface area contributed by atoms with Crippen molar-refractivity contribution in [2.75, 3.05) is 26.0 Å². The van der Waals surface area contributed by atoms with Crippen LogP contribution in [-0.2, 0) is 0 Å². The zero-order valence-electron chi connectivity index (χ0n) is 17.6. The van der Waals surface area contributed by atoms with Crippen molar-refractivity contribution in [3.05, 3.63) is 83.3 Å². The molecule has 7 heteroatoms. The maximum absolute atomic E-state index is 14.0. The van der Waals surface area contributed by atoms with E-state index in [0.717, 1.165) is 27.7 Å². The molecule has 4 aromatic rings. The number of benzene rings is 3. The third-order valence-electron chi connectivity index (χ3n) is 5.13. The molecule has 1 heterocycles. The maximum atomic E-state index is 14.0. The zero-order chi connectivity index (χ0) is 22.8. The topological polar surface area (TPSA) is 68.6 Å². The smallest absolute Gasteiger partial charge is 0.170 e. The molecule has 0 aliphatic heterocycles. The Morgan fingerprint density at radius 1 is 1.09 bits per heavy atom. The first-order valence-electron chi connectivity index (χ1n) is 10.0. The second kappa shape index (κ2) is 9.12. The molecular weight excluding hydrogens is 429 g/mol. The van der Waals surface area contributed by atoms with Crippen molar-refractivity contribution in [3.8, 4) is 16.9 Å². The molecular formula is C25H22ClFN3O2. The lowest BCUT2D eigenvalue weighted by atomic mass is 10.0. The van der Waals surface area contributed by atoms with Crippen LogP contribution in [0.3, 0.4) is 0 Å². The van der Waals surface area contributed by atoms with E-state index in [4.69, 9.17) is 11.6 Å². The zero-order valence-corrected chi connectivity index (χ0v) is 18.4. The maximum Gasteiger partial charge on any atom is 0.170 e. The van der Waals surface area contributed by atoms with Crippen LogP contribution in [0.2, 0.25) is 5.02 Å². The van der Waals surface area contributed by atoms with Gasteiger partial charge in [-0.1, -0.05) is 29.8 Å². The van der Waals surface area contributed by atoms with Gasteiger partial charge in [0.15, 0.2) is 11.6 Å². The van der Waals surface area contributed by atoms with Gasteiger partial charge < -0.3 is 20.4 Å². The van der Waals surface area contributed by atoms with E-state index in [1.807, 2.05) is 61.5 Å². The van der Waals surface area contributed by atoms with Crippen LogP contribution in [0.15, 0.2) is 60.8 Å². The van der Waals surface area contributed by atoms with Crippen molar-refractivity contribution >= 4 is 33.9 Å². The van der Waals surface area contributed by atoms with Crippen molar-refractivity contribution in [1.82, 2.24) is 9.88 Å². The largest absolute Gasteiger partial charge is 0.504 e. The number of phenolic OH excluding ortho intramolecular Hbond substituents is 1. The number of halogens is 2. The molecule has 1 radical (unpaired) electrons. The number of pyridine rings is 1. The first kappa shape index (κ1) is 22.0. The number of likely N-dealkylation sites (N-methyl/N-ethyl adjacent to an activating group) is 1. The van der Waals surface area contributed by atoms with Gasteiger partial charge in [-0.15, -0.1) is 0 Å². The summed E-state index contributed by atoms with van der Waals surface area (Å²) in [5.74, 6) is -1.34. The number of hydrogen-bond donors (Lipinski definition) is 3. The molecule has 1 aromatic heterocycles. The molecule has 3 N–H and O–H groups in total. The molecule has 163 valence electrons. The molecule has 0 amide bonds. The normalized spacial score (nSPS) is 12.3. The average molecular weight is 451 g/mol. The molecule has 32 heavy (non-hydrogen) atoms. The summed E-state index contributed by atoms with van der Waals surface area (Å²) in [6.45, 7) is 0.542. The van der Waals surface area contributed by atoms with E-state index in [1.165, 1.54) is 12.1 Å². The summed E-state index contributed by atoms with van der Waals surface area (Å²) in [5.41, 5.74) is 4.40. The summed E-state index contributed by atoms with van der Waals surface area (Å²) in [4.78, 5) is 6.29. The molecule has 0 bridgehead atoms. The number of fused-ring (bicyclic) bond motifs is 1. The summed E-state index contributed by atoms with van der Waals surface area (Å²) in [5, 5.41) is 24.0. The summed E-state index contributed by atoms with van der Waals surface area (Å²) in [6.07, 6.45) is 1.03. The summed E-state index contributed by atoms with van der Waals surface area (Å²) in [7, 11) is 3.83. The highest BCUT2D eigenvalue weighted by Gasteiger charge is 2.12. The van der Waals surface area contributed by atoms with Crippen LogP contribution >= 0.6 is 11.6 Å². The third-order valence-corrected chi connectivity index (χ3v) is 5.42. The van der Waals surface area contributed by atoms with E-state index in [1.54, 1.807) is 6.20 Å². The second-order valence-electron chi connectivity index (χ2n) is 7.82. The standard InChI is InChI=1S/C25H22ClFN3O2/c1-30(2)14-24(31)15-3-6-18(7-4-15)29-23-9-10-28-22-8-5-16(11-19(22)23)17-12-20(26)25(32)21(27)13-17/h3-8,10-13,24,31-32H,14H2,1-2H3,(H,28,29). The number of hydrogen-bond acceptors (Lipinski definition) is 5. The highest BCUT2D eigenvalue weighted by molar-refractivity contribution is 6.32. The Labute approximate surface area is 190 Å². The van der Waals surface area contributed by atoms with Crippen LogP contribution < -0.4 is 5.32 Å².